The highest BCUT2D eigenvalue weighted by Gasteiger charge is 2.18. The van der Waals surface area contributed by atoms with Crippen LogP contribution in [0.25, 0.3) is 16.7 Å². The van der Waals surface area contributed by atoms with Crippen LogP contribution in [0.5, 0.6) is 0 Å². The topological polar surface area (TPSA) is 105 Å². The number of nitrogens with one attached hydrogen (secondary N) is 1. The SMILES string of the molecule is N#Cc1cccc(NC(=O)Cn2nc3c(Sc4ccccc4)nc4ccccc4n3c2=O)c1. The zero-order chi connectivity index (χ0) is 22.8. The molecule has 0 aliphatic rings. The molecule has 0 unspecified atom stereocenters. The molecule has 5 aromatic rings. The van der Waals surface area contributed by atoms with Crippen LogP contribution >= 0.6 is 11.8 Å². The third-order valence-electron chi connectivity index (χ3n) is 4.90. The van der Waals surface area contributed by atoms with E-state index in [2.05, 4.69) is 10.4 Å². The summed E-state index contributed by atoms with van der Waals surface area (Å²) in [6.45, 7) is -0.277. The van der Waals surface area contributed by atoms with E-state index in [0.29, 0.717) is 33.0 Å². The van der Waals surface area contributed by atoms with E-state index < -0.39 is 11.6 Å². The summed E-state index contributed by atoms with van der Waals surface area (Å²) in [6.07, 6.45) is 0. The van der Waals surface area contributed by atoms with Crippen molar-refractivity contribution in [3.05, 3.63) is 94.9 Å². The highest BCUT2D eigenvalue weighted by molar-refractivity contribution is 7.99. The van der Waals surface area contributed by atoms with Crippen molar-refractivity contribution in [1.29, 1.82) is 5.26 Å². The number of hydrogen-bond acceptors (Lipinski definition) is 6. The fraction of sp³-hybridized carbons (Fsp3) is 0.0417. The number of amides is 1. The Bertz CT molecular complexity index is 1600. The third kappa shape index (κ3) is 4.07. The standard InChI is InChI=1S/C24H16N6O2S/c25-14-16-7-6-8-17(13-16)26-21(31)15-29-24(32)30-20-12-5-4-11-19(20)27-23(22(30)28-29)33-18-9-2-1-3-10-18/h1-13H,15H2,(H,26,31). The van der Waals surface area contributed by atoms with Gasteiger partial charge in [-0.15, -0.1) is 5.10 Å². The molecule has 1 N–H and O–H groups in total. The maximum atomic E-state index is 13.2. The fourth-order valence-corrected chi connectivity index (χ4v) is 4.33. The van der Waals surface area contributed by atoms with Crippen LogP contribution in [0.2, 0.25) is 0 Å². The molecule has 160 valence electrons. The number of fused-ring (bicyclic) bond motifs is 3. The Balaban J connectivity index is 1.55. The molecule has 3 aromatic carbocycles. The van der Waals surface area contributed by atoms with Crippen molar-refractivity contribution < 1.29 is 4.79 Å². The van der Waals surface area contributed by atoms with E-state index in [1.807, 2.05) is 54.6 Å². The number of rotatable bonds is 5. The van der Waals surface area contributed by atoms with E-state index in [9.17, 15) is 9.59 Å². The highest BCUT2D eigenvalue weighted by Crippen LogP contribution is 2.30. The van der Waals surface area contributed by atoms with E-state index in [1.54, 1.807) is 30.3 Å². The zero-order valence-corrected chi connectivity index (χ0v) is 18.0. The minimum atomic E-state index is -0.431. The van der Waals surface area contributed by atoms with Gasteiger partial charge in [0.15, 0.2) is 5.65 Å². The Hall–Kier alpha value is -4.42. The molecule has 0 fully saturated rings. The number of carbonyl (C=O) groups excluding carboxylic acids is 1. The summed E-state index contributed by atoms with van der Waals surface area (Å²) in [4.78, 5) is 31.5. The molecular formula is C24H16N6O2S. The van der Waals surface area contributed by atoms with Crippen molar-refractivity contribution in [2.75, 3.05) is 5.32 Å². The predicted octanol–water partition coefficient (Wildman–Crippen LogP) is 3.71. The number of aromatic nitrogens is 4. The Morgan fingerprint density at radius 1 is 1.03 bits per heavy atom. The second kappa shape index (κ2) is 8.61. The summed E-state index contributed by atoms with van der Waals surface area (Å²) in [5, 5.41) is 16.8. The monoisotopic (exact) mass is 452 g/mol. The summed E-state index contributed by atoms with van der Waals surface area (Å²) < 4.78 is 2.61. The molecular weight excluding hydrogens is 436 g/mol. The lowest BCUT2D eigenvalue weighted by atomic mass is 10.2. The molecule has 0 atom stereocenters. The predicted molar refractivity (Wildman–Crippen MR) is 125 cm³/mol. The first kappa shape index (κ1) is 20.5. The van der Waals surface area contributed by atoms with Gasteiger partial charge >= 0.3 is 5.69 Å². The summed E-state index contributed by atoms with van der Waals surface area (Å²) in [7, 11) is 0. The lowest BCUT2D eigenvalue weighted by Gasteiger charge is -2.05. The number of carbonyl (C=O) groups is 1. The molecule has 5 rings (SSSR count). The average molecular weight is 452 g/mol. The highest BCUT2D eigenvalue weighted by atomic mass is 32.2. The minimum Gasteiger partial charge on any atom is -0.324 e. The maximum Gasteiger partial charge on any atom is 0.351 e. The first-order chi connectivity index (χ1) is 16.1. The second-order valence-electron chi connectivity index (χ2n) is 7.16. The fourth-order valence-electron chi connectivity index (χ4n) is 3.45. The first-order valence-corrected chi connectivity index (χ1v) is 10.9. The van der Waals surface area contributed by atoms with E-state index >= 15 is 0 Å². The smallest absolute Gasteiger partial charge is 0.324 e. The molecule has 2 heterocycles. The molecule has 0 spiro atoms. The third-order valence-corrected chi connectivity index (χ3v) is 5.88. The van der Waals surface area contributed by atoms with Crippen molar-refractivity contribution >= 4 is 40.0 Å². The average Bonchev–Trinajstić information content (AvgIpc) is 3.16. The van der Waals surface area contributed by atoms with Gasteiger partial charge in [-0.05, 0) is 42.5 Å². The van der Waals surface area contributed by atoms with Gasteiger partial charge < -0.3 is 5.32 Å². The Morgan fingerprint density at radius 3 is 2.64 bits per heavy atom. The van der Waals surface area contributed by atoms with Crippen LogP contribution in [0.3, 0.4) is 0 Å². The van der Waals surface area contributed by atoms with Gasteiger partial charge in [-0.2, -0.15) is 5.26 Å². The number of para-hydroxylation sites is 2. The molecule has 0 saturated carbocycles. The van der Waals surface area contributed by atoms with Gasteiger partial charge in [0.2, 0.25) is 5.91 Å². The second-order valence-corrected chi connectivity index (χ2v) is 8.22. The lowest BCUT2D eigenvalue weighted by Crippen LogP contribution is -2.28. The molecule has 0 saturated heterocycles. The molecule has 9 heteroatoms. The normalized spacial score (nSPS) is 10.9. The molecule has 0 aliphatic heterocycles. The lowest BCUT2D eigenvalue weighted by molar-refractivity contribution is -0.117. The maximum absolute atomic E-state index is 13.2. The van der Waals surface area contributed by atoms with Gasteiger partial charge in [0.05, 0.1) is 22.7 Å². The van der Waals surface area contributed by atoms with Crippen LogP contribution in [-0.4, -0.2) is 25.1 Å². The zero-order valence-electron chi connectivity index (χ0n) is 17.2. The minimum absolute atomic E-state index is 0.277. The quantitative estimate of drug-likeness (QED) is 0.436. The van der Waals surface area contributed by atoms with E-state index in [1.165, 1.54) is 16.2 Å². The van der Waals surface area contributed by atoms with Gasteiger partial charge in [0.1, 0.15) is 11.6 Å². The van der Waals surface area contributed by atoms with E-state index in [4.69, 9.17) is 10.2 Å². The van der Waals surface area contributed by atoms with Gasteiger partial charge in [0.25, 0.3) is 0 Å². The Morgan fingerprint density at radius 2 is 1.82 bits per heavy atom. The van der Waals surface area contributed by atoms with Crippen LogP contribution < -0.4 is 11.0 Å². The molecule has 0 aliphatic carbocycles. The first-order valence-electron chi connectivity index (χ1n) is 10.0. The summed E-state index contributed by atoms with van der Waals surface area (Å²) in [5.41, 5.74) is 2.12. The van der Waals surface area contributed by atoms with Crippen LogP contribution in [0.1, 0.15) is 5.56 Å². The van der Waals surface area contributed by atoms with Gasteiger partial charge in [-0.1, -0.05) is 48.2 Å². The molecule has 33 heavy (non-hydrogen) atoms. The van der Waals surface area contributed by atoms with Crippen LogP contribution in [0.4, 0.5) is 5.69 Å². The van der Waals surface area contributed by atoms with Gasteiger partial charge in [-0.25, -0.2) is 18.9 Å². The summed E-state index contributed by atoms with van der Waals surface area (Å²) >= 11 is 1.40. The van der Waals surface area contributed by atoms with Crippen LogP contribution in [-0.2, 0) is 11.3 Å². The van der Waals surface area contributed by atoms with Crippen LogP contribution in [0.15, 0.2) is 93.6 Å². The number of nitrogens with zero attached hydrogens (tertiary/aromatic N) is 5. The summed E-state index contributed by atoms with van der Waals surface area (Å²) in [5.74, 6) is -0.426. The largest absolute Gasteiger partial charge is 0.351 e. The van der Waals surface area contributed by atoms with Crippen molar-refractivity contribution in [3.8, 4) is 6.07 Å². The molecule has 1 amide bonds. The van der Waals surface area contributed by atoms with Gasteiger partial charge in [0, 0.05) is 10.6 Å². The van der Waals surface area contributed by atoms with E-state index in [0.717, 1.165) is 9.58 Å². The molecule has 0 bridgehead atoms. The number of nitriles is 1. The molecule has 0 radical (unpaired) electrons. The van der Waals surface area contributed by atoms with Crippen molar-refractivity contribution in [2.24, 2.45) is 0 Å². The molecule has 2 aromatic heterocycles. The Labute approximate surface area is 192 Å². The summed E-state index contributed by atoms with van der Waals surface area (Å²) in [6, 6.07) is 25.6. The van der Waals surface area contributed by atoms with E-state index in [-0.39, 0.29) is 6.54 Å². The molecule has 8 nitrogen and oxygen atoms in total. The van der Waals surface area contributed by atoms with Gasteiger partial charge in [-0.3, -0.25) is 4.79 Å². The van der Waals surface area contributed by atoms with Crippen molar-refractivity contribution in [3.63, 3.8) is 0 Å². The van der Waals surface area contributed by atoms with Crippen molar-refractivity contribution in [2.45, 2.75) is 16.5 Å². The number of anilines is 1. The van der Waals surface area contributed by atoms with Crippen LogP contribution in [0, 0.1) is 11.3 Å². The number of hydrogen-bond donors (Lipinski definition) is 1. The Kier molecular flexibility index (Phi) is 5.34. The van der Waals surface area contributed by atoms with Crippen molar-refractivity contribution in [1.82, 2.24) is 19.2 Å². The number of benzene rings is 3.